The number of allylic oxidation sites excluding steroid dienone is 1. The Morgan fingerprint density at radius 3 is 2.20 bits per heavy atom. The summed E-state index contributed by atoms with van der Waals surface area (Å²) in [4.78, 5) is 64.8. The van der Waals surface area contributed by atoms with Crippen molar-refractivity contribution in [2.24, 2.45) is 17.8 Å². The summed E-state index contributed by atoms with van der Waals surface area (Å²) in [6.45, 7) is 15.2. The van der Waals surface area contributed by atoms with Gasteiger partial charge in [-0.25, -0.2) is 4.79 Å². The molecule has 250 valence electrons. The molecule has 1 aliphatic rings. The van der Waals surface area contributed by atoms with Gasteiger partial charge in [0.2, 0.25) is 17.7 Å². The van der Waals surface area contributed by atoms with E-state index in [1.807, 2.05) is 65.0 Å². The van der Waals surface area contributed by atoms with Crippen LogP contribution in [0.15, 0.2) is 42.5 Å². The average molecular weight is 629 g/mol. The third-order valence-corrected chi connectivity index (χ3v) is 7.21. The monoisotopic (exact) mass is 628 g/mol. The number of ether oxygens (including phenoxy) is 2. The van der Waals surface area contributed by atoms with Crippen molar-refractivity contribution >= 4 is 29.6 Å². The molecule has 11 nitrogen and oxygen atoms in total. The van der Waals surface area contributed by atoms with E-state index in [9.17, 15) is 24.0 Å². The Morgan fingerprint density at radius 2 is 1.64 bits per heavy atom. The number of alkyl carbamates (subject to hydrolysis) is 1. The number of nitrogens with one attached hydrogen (secondary N) is 4. The minimum atomic E-state index is -1.17. The van der Waals surface area contributed by atoms with Gasteiger partial charge in [-0.2, -0.15) is 0 Å². The first-order chi connectivity index (χ1) is 21.1. The van der Waals surface area contributed by atoms with Crippen LogP contribution in [-0.2, 0) is 35.3 Å². The van der Waals surface area contributed by atoms with E-state index in [2.05, 4.69) is 21.3 Å². The van der Waals surface area contributed by atoms with Crippen molar-refractivity contribution < 1.29 is 33.4 Å². The van der Waals surface area contributed by atoms with Crippen LogP contribution in [0.4, 0.5) is 4.79 Å². The molecular formula is C34H52N4O7. The van der Waals surface area contributed by atoms with Crippen molar-refractivity contribution in [1.82, 2.24) is 21.3 Å². The Kier molecular flexibility index (Phi) is 14.7. The number of ketones is 1. The highest BCUT2D eigenvalue weighted by Crippen LogP contribution is 2.18. The highest BCUT2D eigenvalue weighted by atomic mass is 16.6. The molecular weight excluding hydrogens is 576 g/mol. The van der Waals surface area contributed by atoms with Crippen LogP contribution >= 0.6 is 0 Å². The Balaban J connectivity index is 2.23. The van der Waals surface area contributed by atoms with Crippen LogP contribution in [0.5, 0.6) is 0 Å². The Labute approximate surface area is 267 Å². The molecule has 4 amide bonds. The maximum absolute atomic E-state index is 13.7. The molecule has 0 bridgehead atoms. The van der Waals surface area contributed by atoms with Crippen LogP contribution in [0, 0.1) is 17.8 Å². The van der Waals surface area contributed by atoms with Gasteiger partial charge < -0.3 is 30.7 Å². The van der Waals surface area contributed by atoms with E-state index < -0.39 is 47.7 Å². The lowest BCUT2D eigenvalue weighted by atomic mass is 9.96. The second kappa shape index (κ2) is 17.7. The summed E-state index contributed by atoms with van der Waals surface area (Å²) in [5.41, 5.74) is 0.164. The van der Waals surface area contributed by atoms with Gasteiger partial charge in [-0.1, -0.05) is 64.1 Å². The molecule has 0 saturated carbocycles. The van der Waals surface area contributed by atoms with E-state index in [4.69, 9.17) is 9.47 Å². The minimum Gasteiger partial charge on any atom is -0.445 e. The minimum absolute atomic E-state index is 0.0150. The summed E-state index contributed by atoms with van der Waals surface area (Å²) < 4.78 is 11.4. The highest BCUT2D eigenvalue weighted by Gasteiger charge is 2.35. The standard InChI is InChI=1S/C34H52N4O7/c1-21(2)18-27(31(41)36-26(14-15-28(39)22(3)4)19-25-16-17-35-30(25)40)37-32(42)29(23(5)45-34(6,7)8)38-33(43)44-20-24-12-10-9-11-13-24/h9-15,21-23,25-27,29H,16-20H2,1-8H3,(H,35,40)(H,36,41)(H,37,42)(H,38,43)/b15-14+/t23?,25-,26+,27-,29-/m0/s1. The number of benzene rings is 1. The van der Waals surface area contributed by atoms with Crippen molar-refractivity contribution in [3.8, 4) is 0 Å². The van der Waals surface area contributed by atoms with Crippen LogP contribution in [-0.4, -0.2) is 66.0 Å². The fourth-order valence-corrected chi connectivity index (χ4v) is 4.93. The smallest absolute Gasteiger partial charge is 0.408 e. The van der Waals surface area contributed by atoms with Crippen molar-refractivity contribution in [3.63, 3.8) is 0 Å². The number of amides is 4. The molecule has 5 atom stereocenters. The molecule has 0 spiro atoms. The van der Waals surface area contributed by atoms with E-state index in [0.717, 1.165) is 5.56 Å². The first-order valence-corrected chi connectivity index (χ1v) is 15.8. The molecule has 1 heterocycles. The average Bonchev–Trinajstić information content (AvgIpc) is 3.35. The zero-order valence-corrected chi connectivity index (χ0v) is 28.0. The zero-order chi connectivity index (χ0) is 33.7. The number of hydrogen-bond donors (Lipinski definition) is 4. The van der Waals surface area contributed by atoms with Gasteiger partial charge in [0, 0.05) is 24.4 Å². The van der Waals surface area contributed by atoms with E-state index in [1.165, 1.54) is 6.08 Å². The molecule has 0 radical (unpaired) electrons. The van der Waals surface area contributed by atoms with Gasteiger partial charge in [0.05, 0.1) is 11.7 Å². The van der Waals surface area contributed by atoms with Gasteiger partial charge in [-0.05, 0) is 64.5 Å². The summed E-state index contributed by atoms with van der Waals surface area (Å²) in [5, 5.41) is 11.2. The van der Waals surface area contributed by atoms with Crippen molar-refractivity contribution in [2.45, 2.75) is 111 Å². The van der Waals surface area contributed by atoms with E-state index >= 15 is 0 Å². The fraction of sp³-hybridized carbons (Fsp3) is 0.618. The van der Waals surface area contributed by atoms with Crippen molar-refractivity contribution in [1.29, 1.82) is 0 Å². The maximum Gasteiger partial charge on any atom is 0.408 e. The lowest BCUT2D eigenvalue weighted by Crippen LogP contribution is -2.59. The van der Waals surface area contributed by atoms with Gasteiger partial charge >= 0.3 is 6.09 Å². The quantitative estimate of drug-likeness (QED) is 0.203. The molecule has 1 unspecified atom stereocenters. The SMILES string of the molecule is CC(C)C[C@H](NC(=O)[C@@H](NC(=O)OCc1ccccc1)C(C)OC(C)(C)C)C(=O)N[C@H](/C=C/C(=O)C(C)C)C[C@@H]1CCNC1=O. The maximum atomic E-state index is 13.7. The first kappa shape index (κ1) is 37.5. The third kappa shape index (κ3) is 13.8. The number of rotatable bonds is 16. The van der Waals surface area contributed by atoms with Crippen LogP contribution in [0.25, 0.3) is 0 Å². The molecule has 0 aliphatic carbocycles. The van der Waals surface area contributed by atoms with Crippen LogP contribution in [0.3, 0.4) is 0 Å². The molecule has 1 saturated heterocycles. The molecule has 0 aromatic heterocycles. The summed E-state index contributed by atoms with van der Waals surface area (Å²) >= 11 is 0. The topological polar surface area (TPSA) is 152 Å². The zero-order valence-electron chi connectivity index (χ0n) is 28.0. The number of carbonyl (C=O) groups excluding carboxylic acids is 5. The predicted octanol–water partition coefficient (Wildman–Crippen LogP) is 3.81. The molecule has 2 rings (SSSR count). The van der Waals surface area contributed by atoms with Gasteiger partial charge in [0.15, 0.2) is 5.78 Å². The molecule has 45 heavy (non-hydrogen) atoms. The van der Waals surface area contributed by atoms with Gasteiger partial charge in [-0.15, -0.1) is 0 Å². The second-order valence-electron chi connectivity index (χ2n) is 13.4. The largest absolute Gasteiger partial charge is 0.445 e. The van der Waals surface area contributed by atoms with Gasteiger partial charge in [-0.3, -0.25) is 19.2 Å². The Hall–Kier alpha value is -3.73. The van der Waals surface area contributed by atoms with E-state index in [0.29, 0.717) is 25.8 Å². The number of carbonyl (C=O) groups is 5. The first-order valence-electron chi connectivity index (χ1n) is 15.8. The lowest BCUT2D eigenvalue weighted by Gasteiger charge is -2.32. The summed E-state index contributed by atoms with van der Waals surface area (Å²) in [6, 6.07) is 6.42. The van der Waals surface area contributed by atoms with Crippen molar-refractivity contribution in [2.75, 3.05) is 6.54 Å². The van der Waals surface area contributed by atoms with Crippen LogP contribution < -0.4 is 21.3 Å². The molecule has 1 fully saturated rings. The Bertz CT molecular complexity index is 1180. The second-order valence-corrected chi connectivity index (χ2v) is 13.4. The number of hydrogen-bond acceptors (Lipinski definition) is 7. The van der Waals surface area contributed by atoms with E-state index in [1.54, 1.807) is 26.8 Å². The molecule has 1 aromatic carbocycles. The predicted molar refractivity (Wildman–Crippen MR) is 172 cm³/mol. The van der Waals surface area contributed by atoms with E-state index in [-0.39, 0.29) is 36.1 Å². The summed E-state index contributed by atoms with van der Waals surface area (Å²) in [6.07, 6.45) is 2.73. The van der Waals surface area contributed by atoms with Crippen LogP contribution in [0.2, 0.25) is 0 Å². The van der Waals surface area contributed by atoms with Crippen LogP contribution in [0.1, 0.15) is 80.2 Å². The molecule has 1 aliphatic heterocycles. The molecule has 1 aromatic rings. The fourth-order valence-electron chi connectivity index (χ4n) is 4.93. The lowest BCUT2D eigenvalue weighted by molar-refractivity contribution is -0.135. The third-order valence-electron chi connectivity index (χ3n) is 7.21. The summed E-state index contributed by atoms with van der Waals surface area (Å²) in [5.74, 6) is -1.76. The van der Waals surface area contributed by atoms with Crippen molar-refractivity contribution in [3.05, 3.63) is 48.0 Å². The van der Waals surface area contributed by atoms with Gasteiger partial charge in [0.25, 0.3) is 0 Å². The highest BCUT2D eigenvalue weighted by molar-refractivity contribution is 5.93. The summed E-state index contributed by atoms with van der Waals surface area (Å²) in [7, 11) is 0. The Morgan fingerprint density at radius 1 is 0.978 bits per heavy atom. The molecule has 4 N–H and O–H groups in total. The normalized spacial score (nSPS) is 17.8. The molecule has 11 heteroatoms. The van der Waals surface area contributed by atoms with Gasteiger partial charge in [0.1, 0.15) is 18.7 Å².